The van der Waals surface area contributed by atoms with Gasteiger partial charge in [0.1, 0.15) is 5.60 Å². The third kappa shape index (κ3) is 5.97. The molecular weight excluding hydrogens is 474 g/mol. The van der Waals surface area contributed by atoms with Gasteiger partial charge in [0.25, 0.3) is 0 Å². The van der Waals surface area contributed by atoms with E-state index >= 15 is 0 Å². The third-order valence-electron chi connectivity index (χ3n) is 7.27. The van der Waals surface area contributed by atoms with Crippen molar-refractivity contribution in [1.82, 2.24) is 9.80 Å². The molecule has 36 heavy (non-hydrogen) atoms. The number of benzene rings is 2. The number of nitrogens with zero attached hydrogens (tertiary/aromatic N) is 3. The van der Waals surface area contributed by atoms with Gasteiger partial charge < -0.3 is 19.4 Å². The average Bonchev–Trinajstić information content (AvgIpc) is 2.84. The summed E-state index contributed by atoms with van der Waals surface area (Å²) in [4.78, 5) is 32.9. The molecule has 6 nitrogen and oxygen atoms in total. The van der Waals surface area contributed by atoms with Crippen LogP contribution >= 0.6 is 11.6 Å². The lowest BCUT2D eigenvalue weighted by molar-refractivity contribution is -0.138. The molecule has 2 aromatic carbocycles. The van der Waals surface area contributed by atoms with Crippen LogP contribution in [0.2, 0.25) is 5.02 Å². The Hall–Kier alpha value is -2.73. The zero-order valence-electron chi connectivity index (χ0n) is 22.1. The van der Waals surface area contributed by atoms with E-state index in [1.807, 2.05) is 56.0 Å². The average molecular weight is 512 g/mol. The maximum absolute atomic E-state index is 14.0. The molecule has 0 aliphatic carbocycles. The minimum absolute atomic E-state index is 0.0746. The molecule has 2 atom stereocenters. The lowest BCUT2D eigenvalue weighted by Gasteiger charge is -2.43. The van der Waals surface area contributed by atoms with E-state index in [9.17, 15) is 9.59 Å². The predicted molar refractivity (Wildman–Crippen MR) is 145 cm³/mol. The molecule has 4 rings (SSSR count). The van der Waals surface area contributed by atoms with Gasteiger partial charge in [0.2, 0.25) is 5.91 Å². The van der Waals surface area contributed by atoms with Gasteiger partial charge in [0.15, 0.2) is 0 Å². The van der Waals surface area contributed by atoms with Gasteiger partial charge in [-0.2, -0.15) is 0 Å². The van der Waals surface area contributed by atoms with Gasteiger partial charge >= 0.3 is 6.09 Å². The normalized spacial score (nSPS) is 20.9. The number of halogens is 1. The van der Waals surface area contributed by atoms with Crippen molar-refractivity contribution in [2.24, 2.45) is 5.92 Å². The maximum Gasteiger partial charge on any atom is 0.410 e. The van der Waals surface area contributed by atoms with Crippen LogP contribution in [0.3, 0.4) is 0 Å². The lowest BCUT2D eigenvalue weighted by Crippen LogP contribution is -2.55. The number of carbonyl (C=O) groups excluding carboxylic acids is 2. The second-order valence-electron chi connectivity index (χ2n) is 11.0. The van der Waals surface area contributed by atoms with Crippen LogP contribution in [0, 0.1) is 19.8 Å². The molecule has 0 bridgehead atoms. The van der Waals surface area contributed by atoms with Gasteiger partial charge in [-0.3, -0.25) is 4.79 Å². The predicted octanol–water partition coefficient (Wildman–Crippen LogP) is 5.65. The fraction of sp³-hybridized carbons (Fsp3) is 0.517. The molecular formula is C29H38ClN3O3. The fourth-order valence-electron chi connectivity index (χ4n) is 5.40. The minimum atomic E-state index is -0.571. The van der Waals surface area contributed by atoms with E-state index in [0.717, 1.165) is 30.2 Å². The van der Waals surface area contributed by atoms with Crippen molar-refractivity contribution in [3.05, 3.63) is 64.2 Å². The number of hydrogen-bond donors (Lipinski definition) is 0. The van der Waals surface area contributed by atoms with Gasteiger partial charge in [-0.15, -0.1) is 0 Å². The van der Waals surface area contributed by atoms with Crippen LogP contribution < -0.4 is 4.90 Å². The molecule has 2 saturated heterocycles. The zero-order valence-corrected chi connectivity index (χ0v) is 22.8. The molecule has 7 heteroatoms. The fourth-order valence-corrected chi connectivity index (χ4v) is 5.56. The summed E-state index contributed by atoms with van der Waals surface area (Å²) in [6.45, 7) is 13.6. The van der Waals surface area contributed by atoms with E-state index < -0.39 is 5.60 Å². The molecule has 0 aromatic heterocycles. The maximum atomic E-state index is 14.0. The second-order valence-corrected chi connectivity index (χ2v) is 11.5. The number of carbonyl (C=O) groups is 2. The molecule has 2 aliphatic heterocycles. The molecule has 2 fully saturated rings. The standard InChI is InChI=1S/C29H38ClN3O3/c1-20-8-6-7-9-23(20)24-12-13-33(28(35)36-29(3,4)5)19-25(24)27(34)32-16-14-31(15-17-32)26-18-22(30)11-10-21(26)2/h6-11,18,24-25H,12-17,19H2,1-5H3/t24-,25+/m0/s1. The Balaban J connectivity index is 1.52. The highest BCUT2D eigenvalue weighted by atomic mass is 35.5. The highest BCUT2D eigenvalue weighted by molar-refractivity contribution is 6.30. The summed E-state index contributed by atoms with van der Waals surface area (Å²) in [5, 5.41) is 0.722. The molecule has 2 heterocycles. The Kier molecular flexibility index (Phi) is 7.84. The monoisotopic (exact) mass is 511 g/mol. The first kappa shape index (κ1) is 26.3. The number of piperazine rings is 1. The first-order valence-corrected chi connectivity index (χ1v) is 13.2. The number of likely N-dealkylation sites (tertiary alicyclic amines) is 1. The Morgan fingerprint density at radius 2 is 1.61 bits per heavy atom. The van der Waals surface area contributed by atoms with E-state index in [0.29, 0.717) is 26.2 Å². The Morgan fingerprint density at radius 3 is 2.28 bits per heavy atom. The first-order valence-electron chi connectivity index (χ1n) is 12.9. The molecule has 0 unspecified atom stereocenters. The van der Waals surface area contributed by atoms with Crippen LogP contribution in [-0.2, 0) is 9.53 Å². The van der Waals surface area contributed by atoms with Gasteiger partial charge in [0, 0.05) is 50.0 Å². The van der Waals surface area contributed by atoms with Crippen molar-refractivity contribution < 1.29 is 14.3 Å². The number of aryl methyl sites for hydroxylation is 2. The van der Waals surface area contributed by atoms with Crippen LogP contribution in [-0.4, -0.2) is 66.7 Å². The topological polar surface area (TPSA) is 53.1 Å². The van der Waals surface area contributed by atoms with E-state index in [-0.39, 0.29) is 23.8 Å². The van der Waals surface area contributed by atoms with Crippen molar-refractivity contribution in [1.29, 1.82) is 0 Å². The number of rotatable bonds is 3. The number of amides is 2. The summed E-state index contributed by atoms with van der Waals surface area (Å²) >= 11 is 6.25. The SMILES string of the molecule is Cc1ccccc1[C@@H]1CCN(C(=O)OC(C)(C)C)C[C@H]1C(=O)N1CCN(c2cc(Cl)ccc2C)CC1. The number of piperidine rings is 1. The van der Waals surface area contributed by atoms with Gasteiger partial charge in [-0.05, 0) is 75.8 Å². The van der Waals surface area contributed by atoms with Crippen molar-refractivity contribution in [3.63, 3.8) is 0 Å². The van der Waals surface area contributed by atoms with Crippen molar-refractivity contribution >= 4 is 29.3 Å². The second kappa shape index (κ2) is 10.7. The van der Waals surface area contributed by atoms with E-state index in [1.54, 1.807) is 4.90 Å². The summed E-state index contributed by atoms with van der Waals surface area (Å²) < 4.78 is 5.64. The van der Waals surface area contributed by atoms with Crippen LogP contribution in [0.4, 0.5) is 10.5 Å². The molecule has 0 spiro atoms. The van der Waals surface area contributed by atoms with Crippen LogP contribution in [0.25, 0.3) is 0 Å². The van der Waals surface area contributed by atoms with Crippen molar-refractivity contribution in [2.75, 3.05) is 44.2 Å². The van der Waals surface area contributed by atoms with Gasteiger partial charge in [-0.25, -0.2) is 4.79 Å². The molecule has 194 valence electrons. The molecule has 2 aliphatic rings. The van der Waals surface area contributed by atoms with Gasteiger partial charge in [-0.1, -0.05) is 41.9 Å². The summed E-state index contributed by atoms with van der Waals surface area (Å²) in [5.41, 5.74) is 4.12. The highest BCUT2D eigenvalue weighted by Crippen LogP contribution is 2.37. The molecule has 2 aromatic rings. The zero-order chi connectivity index (χ0) is 26.0. The Morgan fingerprint density at radius 1 is 0.917 bits per heavy atom. The quantitative estimate of drug-likeness (QED) is 0.534. The van der Waals surface area contributed by atoms with Crippen molar-refractivity contribution in [2.45, 2.75) is 52.6 Å². The smallest absolute Gasteiger partial charge is 0.410 e. The van der Waals surface area contributed by atoms with Crippen LogP contribution in [0.15, 0.2) is 42.5 Å². The van der Waals surface area contributed by atoms with E-state index in [1.165, 1.54) is 16.7 Å². The lowest BCUT2D eigenvalue weighted by atomic mass is 9.78. The highest BCUT2D eigenvalue weighted by Gasteiger charge is 2.41. The molecule has 2 amide bonds. The van der Waals surface area contributed by atoms with Crippen molar-refractivity contribution in [3.8, 4) is 0 Å². The number of ether oxygens (including phenoxy) is 1. The van der Waals surface area contributed by atoms with E-state index in [2.05, 4.69) is 30.9 Å². The summed E-state index contributed by atoms with van der Waals surface area (Å²) in [6.07, 6.45) is 0.395. The summed E-state index contributed by atoms with van der Waals surface area (Å²) in [6, 6.07) is 14.2. The Labute approximate surface area is 220 Å². The minimum Gasteiger partial charge on any atom is -0.444 e. The van der Waals surface area contributed by atoms with Gasteiger partial charge in [0.05, 0.1) is 5.92 Å². The largest absolute Gasteiger partial charge is 0.444 e. The van der Waals surface area contributed by atoms with Crippen LogP contribution in [0.1, 0.15) is 49.8 Å². The summed E-state index contributed by atoms with van der Waals surface area (Å²) in [7, 11) is 0. The molecule has 0 radical (unpaired) electrons. The molecule has 0 saturated carbocycles. The summed E-state index contributed by atoms with van der Waals surface area (Å²) in [5.74, 6) is -0.101. The third-order valence-corrected chi connectivity index (χ3v) is 7.51. The first-order chi connectivity index (χ1) is 17.0. The van der Waals surface area contributed by atoms with Crippen LogP contribution in [0.5, 0.6) is 0 Å². The Bertz CT molecular complexity index is 1110. The number of hydrogen-bond acceptors (Lipinski definition) is 4. The molecule has 0 N–H and O–H groups in total. The number of anilines is 1. The van der Waals surface area contributed by atoms with E-state index in [4.69, 9.17) is 16.3 Å².